The van der Waals surface area contributed by atoms with Crippen LogP contribution in [0.25, 0.3) is 0 Å². The molecule has 0 saturated heterocycles. The first-order valence-corrected chi connectivity index (χ1v) is 7.65. The van der Waals surface area contributed by atoms with E-state index in [1.54, 1.807) is 17.4 Å². The summed E-state index contributed by atoms with van der Waals surface area (Å²) in [5.74, 6) is -0.149. The maximum atomic E-state index is 13.9. The summed E-state index contributed by atoms with van der Waals surface area (Å²) >= 11 is 1.65. The molecule has 1 heterocycles. The Labute approximate surface area is 124 Å². The highest BCUT2D eigenvalue weighted by Gasteiger charge is 2.17. The highest BCUT2D eigenvalue weighted by Crippen LogP contribution is 2.25. The molecule has 0 saturated carbocycles. The number of hydrogen-bond acceptors (Lipinski definition) is 3. The number of hydrogen-bond donors (Lipinski definition) is 1. The zero-order valence-electron chi connectivity index (χ0n) is 12.5. The molecular formula is C16H21FN2S. The Bertz CT molecular complexity index is 584. The summed E-state index contributed by atoms with van der Waals surface area (Å²) in [7, 11) is 1.82. The monoisotopic (exact) mass is 292 g/mol. The lowest BCUT2D eigenvalue weighted by Crippen LogP contribution is -2.11. The van der Waals surface area contributed by atoms with Crippen molar-refractivity contribution in [1.82, 2.24) is 10.3 Å². The highest BCUT2D eigenvalue weighted by atomic mass is 32.1. The van der Waals surface area contributed by atoms with Crippen molar-refractivity contribution in [2.45, 2.75) is 39.2 Å². The van der Waals surface area contributed by atoms with E-state index in [0.29, 0.717) is 18.5 Å². The topological polar surface area (TPSA) is 24.9 Å². The van der Waals surface area contributed by atoms with Crippen LogP contribution in [0, 0.1) is 5.82 Å². The van der Waals surface area contributed by atoms with E-state index < -0.39 is 0 Å². The van der Waals surface area contributed by atoms with Crippen molar-refractivity contribution in [2.75, 3.05) is 7.05 Å². The molecule has 0 atom stereocenters. The van der Waals surface area contributed by atoms with Crippen LogP contribution in [0.15, 0.2) is 23.6 Å². The molecule has 0 bridgehead atoms. The molecule has 20 heavy (non-hydrogen) atoms. The average Bonchev–Trinajstić information content (AvgIpc) is 2.81. The zero-order chi connectivity index (χ0) is 14.8. The summed E-state index contributed by atoms with van der Waals surface area (Å²) in [5, 5.41) is 6.10. The summed E-state index contributed by atoms with van der Waals surface area (Å²) in [5.41, 5.74) is 2.84. The van der Waals surface area contributed by atoms with Gasteiger partial charge in [-0.1, -0.05) is 32.9 Å². The first kappa shape index (κ1) is 15.1. The quantitative estimate of drug-likeness (QED) is 0.924. The van der Waals surface area contributed by atoms with Gasteiger partial charge in [0, 0.05) is 29.3 Å². The second kappa shape index (κ2) is 6.02. The van der Waals surface area contributed by atoms with Crippen LogP contribution in [0.5, 0.6) is 0 Å². The maximum absolute atomic E-state index is 13.9. The van der Waals surface area contributed by atoms with Gasteiger partial charge >= 0.3 is 0 Å². The van der Waals surface area contributed by atoms with E-state index >= 15 is 0 Å². The standard InChI is InChI=1S/C16H21FN2S/c1-16(2,3)14-10-20-15(19-14)8-11-5-6-12(9-18-4)13(17)7-11/h5-7,10,18H,8-9H2,1-4H3. The number of benzene rings is 1. The van der Waals surface area contributed by atoms with Gasteiger partial charge in [-0.05, 0) is 18.7 Å². The number of nitrogens with zero attached hydrogens (tertiary/aromatic N) is 1. The van der Waals surface area contributed by atoms with Gasteiger partial charge < -0.3 is 5.32 Å². The van der Waals surface area contributed by atoms with Crippen LogP contribution in [0.3, 0.4) is 0 Å². The zero-order valence-corrected chi connectivity index (χ0v) is 13.3. The third-order valence-corrected chi connectivity index (χ3v) is 4.01. The largest absolute Gasteiger partial charge is 0.316 e. The van der Waals surface area contributed by atoms with E-state index in [1.165, 1.54) is 0 Å². The molecule has 2 rings (SSSR count). The minimum Gasteiger partial charge on any atom is -0.316 e. The Hall–Kier alpha value is -1.26. The Kier molecular flexibility index (Phi) is 4.55. The Morgan fingerprint density at radius 2 is 2.05 bits per heavy atom. The fraction of sp³-hybridized carbons (Fsp3) is 0.438. The molecule has 108 valence electrons. The van der Waals surface area contributed by atoms with Crippen LogP contribution in [-0.4, -0.2) is 12.0 Å². The van der Waals surface area contributed by atoms with E-state index in [2.05, 4.69) is 36.5 Å². The van der Waals surface area contributed by atoms with E-state index in [1.807, 2.05) is 19.2 Å². The van der Waals surface area contributed by atoms with Gasteiger partial charge in [-0.2, -0.15) is 0 Å². The van der Waals surface area contributed by atoms with E-state index in [4.69, 9.17) is 0 Å². The van der Waals surface area contributed by atoms with E-state index in [0.717, 1.165) is 16.3 Å². The Morgan fingerprint density at radius 1 is 1.30 bits per heavy atom. The summed E-state index contributed by atoms with van der Waals surface area (Å²) in [6.07, 6.45) is 0.692. The molecule has 0 radical (unpaired) electrons. The molecule has 2 nitrogen and oxygen atoms in total. The number of aromatic nitrogens is 1. The first-order valence-electron chi connectivity index (χ1n) is 6.77. The van der Waals surface area contributed by atoms with Gasteiger partial charge in [0.1, 0.15) is 5.82 Å². The lowest BCUT2D eigenvalue weighted by molar-refractivity contribution is 0.571. The second-order valence-corrected chi connectivity index (χ2v) is 6.95. The van der Waals surface area contributed by atoms with Crippen LogP contribution in [-0.2, 0) is 18.4 Å². The van der Waals surface area contributed by atoms with Crippen molar-refractivity contribution < 1.29 is 4.39 Å². The van der Waals surface area contributed by atoms with Gasteiger partial charge in [0.15, 0.2) is 0 Å². The first-order chi connectivity index (χ1) is 9.40. The Morgan fingerprint density at radius 3 is 2.60 bits per heavy atom. The molecule has 1 N–H and O–H groups in total. The SMILES string of the molecule is CNCc1ccc(Cc2nc(C(C)(C)C)cs2)cc1F. The minimum absolute atomic E-state index is 0.0661. The number of rotatable bonds is 4. The van der Waals surface area contributed by atoms with E-state index in [-0.39, 0.29) is 11.2 Å². The van der Waals surface area contributed by atoms with Gasteiger partial charge in [-0.25, -0.2) is 9.37 Å². The summed E-state index contributed by atoms with van der Waals surface area (Å²) in [4.78, 5) is 4.65. The molecule has 0 aliphatic heterocycles. The molecule has 0 spiro atoms. The normalized spacial score (nSPS) is 11.8. The van der Waals surface area contributed by atoms with Crippen LogP contribution in [0.4, 0.5) is 4.39 Å². The van der Waals surface area contributed by atoms with Crippen molar-refractivity contribution in [3.8, 4) is 0 Å². The van der Waals surface area contributed by atoms with Gasteiger partial charge in [0.2, 0.25) is 0 Å². The van der Waals surface area contributed by atoms with Crippen molar-refractivity contribution in [1.29, 1.82) is 0 Å². The third-order valence-electron chi connectivity index (χ3n) is 3.16. The van der Waals surface area contributed by atoms with Crippen LogP contribution in [0.1, 0.15) is 42.6 Å². The van der Waals surface area contributed by atoms with Crippen molar-refractivity contribution >= 4 is 11.3 Å². The molecule has 4 heteroatoms. The summed E-state index contributed by atoms with van der Waals surface area (Å²) in [6, 6.07) is 5.44. The van der Waals surface area contributed by atoms with Gasteiger partial charge in [0.25, 0.3) is 0 Å². The minimum atomic E-state index is -0.149. The molecule has 1 aromatic heterocycles. The third kappa shape index (κ3) is 3.64. The lowest BCUT2D eigenvalue weighted by Gasteiger charge is -2.14. The fourth-order valence-electron chi connectivity index (χ4n) is 1.95. The molecular weight excluding hydrogens is 271 g/mol. The molecule has 0 unspecified atom stereocenters. The highest BCUT2D eigenvalue weighted by molar-refractivity contribution is 7.09. The van der Waals surface area contributed by atoms with Crippen LogP contribution >= 0.6 is 11.3 Å². The van der Waals surface area contributed by atoms with Crippen LogP contribution in [0.2, 0.25) is 0 Å². The molecule has 2 aromatic rings. The van der Waals surface area contributed by atoms with Gasteiger partial charge in [-0.15, -0.1) is 11.3 Å². The molecule has 0 aliphatic rings. The number of halogens is 1. The Balaban J connectivity index is 2.14. The predicted molar refractivity (Wildman–Crippen MR) is 82.8 cm³/mol. The molecule has 0 fully saturated rings. The molecule has 0 amide bonds. The van der Waals surface area contributed by atoms with Crippen molar-refractivity contribution in [3.05, 3.63) is 51.2 Å². The second-order valence-electron chi connectivity index (χ2n) is 6.01. The van der Waals surface area contributed by atoms with Crippen molar-refractivity contribution in [3.63, 3.8) is 0 Å². The molecule has 1 aromatic carbocycles. The van der Waals surface area contributed by atoms with E-state index in [9.17, 15) is 4.39 Å². The summed E-state index contributed by atoms with van der Waals surface area (Å²) < 4.78 is 13.9. The fourth-order valence-corrected chi connectivity index (χ4v) is 3.00. The maximum Gasteiger partial charge on any atom is 0.127 e. The smallest absolute Gasteiger partial charge is 0.127 e. The lowest BCUT2D eigenvalue weighted by atomic mass is 9.93. The average molecular weight is 292 g/mol. The number of thiazole rings is 1. The van der Waals surface area contributed by atoms with Crippen LogP contribution < -0.4 is 5.32 Å². The predicted octanol–water partition coefficient (Wildman–Crippen LogP) is 3.89. The van der Waals surface area contributed by atoms with Crippen molar-refractivity contribution in [2.24, 2.45) is 0 Å². The molecule has 0 aliphatic carbocycles. The van der Waals surface area contributed by atoms with Gasteiger partial charge in [0.05, 0.1) is 10.7 Å². The summed E-state index contributed by atoms with van der Waals surface area (Å²) in [6.45, 7) is 7.01. The van der Waals surface area contributed by atoms with Gasteiger partial charge in [-0.3, -0.25) is 0 Å². The number of nitrogens with one attached hydrogen (secondary N) is 1.